The fourth-order valence-electron chi connectivity index (χ4n) is 4.14. The molecule has 2 N–H and O–H groups in total. The molecule has 0 spiro atoms. The van der Waals surface area contributed by atoms with Gasteiger partial charge in [-0.15, -0.1) is 12.4 Å². The number of methoxy groups -OCH3 is 4. The van der Waals surface area contributed by atoms with Gasteiger partial charge in [-0.25, -0.2) is 0 Å². The zero-order valence-electron chi connectivity index (χ0n) is 20.3. The number of carbonyl (C=O) groups is 1. The average molecular weight is 495 g/mol. The molecule has 0 atom stereocenters. The Bertz CT molecular complexity index is 930. The SMILES string of the molecule is COCC1CCN(C(=O)c2cc(Oc3ccc(CCN)cc3)c(OC)c(OC)c2OC)CC1.Cl. The second kappa shape index (κ2) is 13.3. The maximum Gasteiger partial charge on any atom is 0.257 e. The monoisotopic (exact) mass is 494 g/mol. The number of amides is 1. The number of ether oxygens (including phenoxy) is 5. The molecule has 0 unspecified atom stereocenters. The van der Waals surface area contributed by atoms with Crippen molar-refractivity contribution >= 4 is 18.3 Å². The van der Waals surface area contributed by atoms with Crippen LogP contribution in [0.1, 0.15) is 28.8 Å². The lowest BCUT2D eigenvalue weighted by atomic mass is 9.97. The predicted molar refractivity (Wildman–Crippen MR) is 133 cm³/mol. The number of halogens is 1. The molecule has 0 radical (unpaired) electrons. The average Bonchev–Trinajstić information content (AvgIpc) is 2.84. The summed E-state index contributed by atoms with van der Waals surface area (Å²) in [5.74, 6) is 2.31. The Balaban J connectivity index is 0.00000408. The molecule has 1 amide bonds. The van der Waals surface area contributed by atoms with E-state index in [4.69, 9.17) is 29.4 Å². The molecule has 9 heteroatoms. The van der Waals surface area contributed by atoms with Crippen LogP contribution in [-0.2, 0) is 11.2 Å². The van der Waals surface area contributed by atoms with Gasteiger partial charge in [0.05, 0.1) is 26.9 Å². The van der Waals surface area contributed by atoms with E-state index in [2.05, 4.69) is 0 Å². The molecule has 8 nitrogen and oxygen atoms in total. The van der Waals surface area contributed by atoms with Crippen LogP contribution in [0.25, 0.3) is 0 Å². The van der Waals surface area contributed by atoms with Gasteiger partial charge in [0.2, 0.25) is 11.5 Å². The Morgan fingerprint density at radius 2 is 1.59 bits per heavy atom. The number of benzene rings is 2. The molecule has 1 saturated heterocycles. The van der Waals surface area contributed by atoms with Gasteiger partial charge in [-0.05, 0) is 49.4 Å². The minimum absolute atomic E-state index is 0. The van der Waals surface area contributed by atoms with Crippen molar-refractivity contribution < 1.29 is 28.5 Å². The Morgan fingerprint density at radius 3 is 2.12 bits per heavy atom. The van der Waals surface area contributed by atoms with Crippen LogP contribution in [0.5, 0.6) is 28.7 Å². The quantitative estimate of drug-likeness (QED) is 0.535. The van der Waals surface area contributed by atoms with E-state index in [1.165, 1.54) is 21.3 Å². The topological polar surface area (TPSA) is 92.5 Å². The van der Waals surface area contributed by atoms with Crippen molar-refractivity contribution in [3.8, 4) is 28.7 Å². The summed E-state index contributed by atoms with van der Waals surface area (Å²) in [6, 6.07) is 9.32. The van der Waals surface area contributed by atoms with E-state index >= 15 is 0 Å². The first-order valence-corrected chi connectivity index (χ1v) is 11.1. The van der Waals surface area contributed by atoms with E-state index < -0.39 is 0 Å². The standard InChI is InChI=1S/C25H34N2O6.ClH/c1-29-16-18-10-13-27(14-11-18)25(28)20-15-21(23(31-3)24(32-4)22(20)30-2)33-19-7-5-17(6-8-19)9-12-26;/h5-8,15,18H,9-14,16,26H2,1-4H3;1H. The highest BCUT2D eigenvalue weighted by atomic mass is 35.5. The van der Waals surface area contributed by atoms with Crippen LogP contribution in [0.4, 0.5) is 0 Å². The van der Waals surface area contributed by atoms with Gasteiger partial charge >= 0.3 is 0 Å². The minimum Gasteiger partial charge on any atom is -0.492 e. The molecule has 0 aromatic heterocycles. The lowest BCUT2D eigenvalue weighted by Gasteiger charge is -2.32. The number of hydrogen-bond donors (Lipinski definition) is 1. The predicted octanol–water partition coefficient (Wildman–Crippen LogP) is 3.93. The third kappa shape index (κ3) is 6.25. The highest BCUT2D eigenvalue weighted by Crippen LogP contribution is 2.48. The first-order chi connectivity index (χ1) is 16.1. The molecular formula is C25H35ClN2O6. The summed E-state index contributed by atoms with van der Waals surface area (Å²) in [4.78, 5) is 15.3. The van der Waals surface area contributed by atoms with Crippen LogP contribution in [0.2, 0.25) is 0 Å². The molecular weight excluding hydrogens is 460 g/mol. The van der Waals surface area contributed by atoms with E-state index in [0.29, 0.717) is 66.5 Å². The maximum atomic E-state index is 13.5. The largest absolute Gasteiger partial charge is 0.492 e. The summed E-state index contributed by atoms with van der Waals surface area (Å²) in [7, 11) is 6.25. The number of likely N-dealkylation sites (tertiary alicyclic amines) is 1. The van der Waals surface area contributed by atoms with Gasteiger partial charge in [0.1, 0.15) is 5.75 Å². The summed E-state index contributed by atoms with van der Waals surface area (Å²) in [6.07, 6.45) is 2.58. The molecule has 1 heterocycles. The Kier molecular flexibility index (Phi) is 10.8. The van der Waals surface area contributed by atoms with Crippen LogP contribution >= 0.6 is 12.4 Å². The van der Waals surface area contributed by atoms with Crippen molar-refractivity contribution in [2.24, 2.45) is 11.7 Å². The van der Waals surface area contributed by atoms with Gasteiger partial charge in [0.25, 0.3) is 5.91 Å². The summed E-state index contributed by atoms with van der Waals surface area (Å²) in [5.41, 5.74) is 7.13. The zero-order chi connectivity index (χ0) is 23.8. The first-order valence-electron chi connectivity index (χ1n) is 11.1. The van der Waals surface area contributed by atoms with E-state index in [1.807, 2.05) is 29.2 Å². The van der Waals surface area contributed by atoms with Crippen LogP contribution in [0.3, 0.4) is 0 Å². The number of nitrogens with zero attached hydrogens (tertiary/aromatic N) is 1. The maximum absolute atomic E-state index is 13.5. The molecule has 34 heavy (non-hydrogen) atoms. The van der Waals surface area contributed by atoms with Crippen molar-refractivity contribution in [3.05, 3.63) is 41.5 Å². The minimum atomic E-state index is -0.133. The van der Waals surface area contributed by atoms with Gasteiger partial charge in [-0.3, -0.25) is 4.79 Å². The van der Waals surface area contributed by atoms with Crippen molar-refractivity contribution in [2.45, 2.75) is 19.3 Å². The molecule has 1 aliphatic rings. The van der Waals surface area contributed by atoms with Crippen LogP contribution in [0.15, 0.2) is 30.3 Å². The zero-order valence-corrected chi connectivity index (χ0v) is 21.1. The summed E-state index contributed by atoms with van der Waals surface area (Å²) in [5, 5.41) is 0. The Labute approximate surface area is 207 Å². The number of nitrogens with two attached hydrogens (primary N) is 1. The molecule has 0 bridgehead atoms. The van der Waals surface area contributed by atoms with Gasteiger partial charge in [-0.1, -0.05) is 12.1 Å². The molecule has 1 aliphatic heterocycles. The molecule has 0 aliphatic carbocycles. The van der Waals surface area contributed by atoms with Crippen molar-refractivity contribution in [2.75, 3.05) is 54.7 Å². The van der Waals surface area contributed by atoms with Crippen molar-refractivity contribution in [3.63, 3.8) is 0 Å². The number of piperidine rings is 1. The van der Waals surface area contributed by atoms with Crippen molar-refractivity contribution in [1.82, 2.24) is 4.90 Å². The van der Waals surface area contributed by atoms with Crippen LogP contribution in [0, 0.1) is 5.92 Å². The Hall–Kier alpha value is -2.68. The lowest BCUT2D eigenvalue weighted by molar-refractivity contribution is 0.0609. The van der Waals surface area contributed by atoms with Gasteiger partial charge in [0.15, 0.2) is 11.5 Å². The van der Waals surface area contributed by atoms with E-state index in [9.17, 15) is 4.79 Å². The normalized spacial score (nSPS) is 13.7. The van der Waals surface area contributed by atoms with Crippen molar-refractivity contribution in [1.29, 1.82) is 0 Å². The highest BCUT2D eigenvalue weighted by molar-refractivity contribution is 5.99. The molecule has 2 aromatic rings. The molecule has 2 aromatic carbocycles. The number of carbonyl (C=O) groups excluding carboxylic acids is 1. The first kappa shape index (κ1) is 27.6. The van der Waals surface area contributed by atoms with Gasteiger partial charge in [0, 0.05) is 32.9 Å². The lowest BCUT2D eigenvalue weighted by Crippen LogP contribution is -2.39. The van der Waals surface area contributed by atoms with Crippen LogP contribution in [-0.4, -0.2) is 65.5 Å². The Morgan fingerprint density at radius 1 is 0.971 bits per heavy atom. The third-order valence-electron chi connectivity index (χ3n) is 5.89. The molecule has 1 fully saturated rings. The number of hydrogen-bond acceptors (Lipinski definition) is 7. The highest BCUT2D eigenvalue weighted by Gasteiger charge is 2.30. The third-order valence-corrected chi connectivity index (χ3v) is 5.89. The second-order valence-electron chi connectivity index (χ2n) is 8.00. The van der Waals surface area contributed by atoms with Gasteiger partial charge < -0.3 is 34.3 Å². The van der Waals surface area contributed by atoms with E-state index in [-0.39, 0.29) is 18.3 Å². The summed E-state index contributed by atoms with van der Waals surface area (Å²) in [6.45, 7) is 2.61. The van der Waals surface area contributed by atoms with E-state index in [0.717, 1.165) is 24.8 Å². The fraction of sp³-hybridized carbons (Fsp3) is 0.480. The number of rotatable bonds is 10. The van der Waals surface area contributed by atoms with E-state index in [1.54, 1.807) is 13.2 Å². The second-order valence-corrected chi connectivity index (χ2v) is 8.00. The van der Waals surface area contributed by atoms with Gasteiger partial charge in [-0.2, -0.15) is 0 Å². The smallest absolute Gasteiger partial charge is 0.257 e. The molecule has 3 rings (SSSR count). The fourth-order valence-corrected chi connectivity index (χ4v) is 4.14. The van der Waals surface area contributed by atoms with Crippen LogP contribution < -0.4 is 24.7 Å². The summed E-state index contributed by atoms with van der Waals surface area (Å²) < 4.78 is 28.1. The summed E-state index contributed by atoms with van der Waals surface area (Å²) >= 11 is 0. The molecule has 188 valence electrons. The molecule has 0 saturated carbocycles.